The zero-order chi connectivity index (χ0) is 25.5. The quantitative estimate of drug-likeness (QED) is 0.174. The van der Waals surface area contributed by atoms with Gasteiger partial charge >= 0.3 is 5.97 Å². The van der Waals surface area contributed by atoms with Crippen molar-refractivity contribution in [2.45, 2.75) is 44.5 Å². The largest absolute Gasteiger partial charge is 0.459 e. The molecule has 1 N–H and O–H groups in total. The van der Waals surface area contributed by atoms with Crippen molar-refractivity contribution in [2.75, 3.05) is 12.3 Å². The van der Waals surface area contributed by atoms with Gasteiger partial charge in [-0.2, -0.15) is 0 Å². The van der Waals surface area contributed by atoms with Gasteiger partial charge in [-0.1, -0.05) is 66.4 Å². The number of benzene rings is 3. The van der Waals surface area contributed by atoms with Crippen LogP contribution in [0.2, 0.25) is 0 Å². The number of aromatic nitrogens is 2. The molecule has 1 heterocycles. The lowest BCUT2D eigenvalue weighted by molar-refractivity contribution is -0.155. The van der Waals surface area contributed by atoms with Crippen LogP contribution in [-0.2, 0) is 16.1 Å². The van der Waals surface area contributed by atoms with Gasteiger partial charge in [0.2, 0.25) is 0 Å². The van der Waals surface area contributed by atoms with E-state index in [1.165, 1.54) is 0 Å². The average molecular weight is 502 g/mol. The minimum atomic E-state index is -0.541. The second-order valence-electron chi connectivity index (χ2n) is 9.46. The van der Waals surface area contributed by atoms with Gasteiger partial charge in [0.15, 0.2) is 5.16 Å². The van der Waals surface area contributed by atoms with E-state index >= 15 is 0 Å². The van der Waals surface area contributed by atoms with Crippen molar-refractivity contribution < 1.29 is 14.3 Å². The van der Waals surface area contributed by atoms with Crippen molar-refractivity contribution in [3.63, 3.8) is 0 Å². The molecule has 4 aromatic rings. The van der Waals surface area contributed by atoms with Gasteiger partial charge in [0, 0.05) is 17.9 Å². The highest BCUT2D eigenvalue weighted by molar-refractivity contribution is 7.99. The molecule has 0 radical (unpaired) electrons. The predicted molar refractivity (Wildman–Crippen MR) is 145 cm³/mol. The molecule has 4 rings (SSSR count). The Labute approximate surface area is 216 Å². The molecule has 1 aromatic heterocycles. The van der Waals surface area contributed by atoms with Gasteiger partial charge in [0.1, 0.15) is 12.1 Å². The molecule has 0 aliphatic heterocycles. The minimum Gasteiger partial charge on any atom is -0.459 e. The summed E-state index contributed by atoms with van der Waals surface area (Å²) >= 11 is 1.57. The first-order chi connectivity index (χ1) is 17.3. The van der Waals surface area contributed by atoms with Crippen LogP contribution in [0.15, 0.2) is 84.0 Å². The lowest BCUT2D eigenvalue weighted by atomic mass is 10.0. The van der Waals surface area contributed by atoms with Crippen molar-refractivity contribution in [3.05, 3.63) is 84.4 Å². The molecule has 6 nitrogen and oxygen atoms in total. The van der Waals surface area contributed by atoms with E-state index in [0.29, 0.717) is 12.1 Å². The highest BCUT2D eigenvalue weighted by Gasteiger charge is 2.19. The number of nitrogens with one attached hydrogen (secondary N) is 1. The Hall–Kier alpha value is -3.58. The molecule has 0 fully saturated rings. The van der Waals surface area contributed by atoms with Crippen LogP contribution in [0.3, 0.4) is 0 Å². The van der Waals surface area contributed by atoms with Crippen LogP contribution < -0.4 is 5.32 Å². The highest BCUT2D eigenvalue weighted by atomic mass is 32.2. The summed E-state index contributed by atoms with van der Waals surface area (Å²) in [7, 11) is 0. The van der Waals surface area contributed by atoms with E-state index < -0.39 is 5.60 Å². The molecule has 0 aliphatic carbocycles. The molecule has 186 valence electrons. The topological polar surface area (TPSA) is 73.2 Å². The summed E-state index contributed by atoms with van der Waals surface area (Å²) in [5.74, 6) is 0.375. The van der Waals surface area contributed by atoms with Gasteiger partial charge in [-0.05, 0) is 62.6 Å². The number of hydrogen-bond acceptors (Lipinski definition) is 5. The molecule has 7 heteroatoms. The molecule has 0 spiro atoms. The summed E-state index contributed by atoms with van der Waals surface area (Å²) in [4.78, 5) is 29.7. The maximum atomic E-state index is 12.5. The molecule has 0 unspecified atom stereocenters. The molecule has 0 saturated carbocycles. The summed E-state index contributed by atoms with van der Waals surface area (Å²) in [5, 5.41) is 3.76. The summed E-state index contributed by atoms with van der Waals surface area (Å²) in [6, 6.07) is 25.5. The number of amides is 1. The molecule has 0 atom stereocenters. The van der Waals surface area contributed by atoms with Gasteiger partial charge in [0.25, 0.3) is 5.91 Å². The fourth-order valence-corrected chi connectivity index (χ4v) is 4.76. The Morgan fingerprint density at radius 2 is 1.58 bits per heavy atom. The molecule has 0 saturated heterocycles. The van der Waals surface area contributed by atoms with E-state index in [9.17, 15) is 9.59 Å². The van der Waals surface area contributed by atoms with Crippen LogP contribution in [0.4, 0.5) is 0 Å². The first kappa shape index (κ1) is 25.5. The number of carbonyl (C=O) groups is 2. The smallest absolute Gasteiger partial charge is 0.326 e. The maximum Gasteiger partial charge on any atom is 0.326 e. The molecular formula is C29H31N3O3S. The Morgan fingerprint density at radius 3 is 2.31 bits per heavy atom. The van der Waals surface area contributed by atoms with Crippen LogP contribution >= 0.6 is 11.8 Å². The number of hydrogen-bond donors (Lipinski definition) is 1. The number of thioether (sulfide) groups is 1. The third-order valence-electron chi connectivity index (χ3n) is 5.42. The number of ether oxygens (including phenoxy) is 1. The third-order valence-corrected chi connectivity index (χ3v) is 6.48. The van der Waals surface area contributed by atoms with Crippen LogP contribution in [0.25, 0.3) is 22.2 Å². The van der Waals surface area contributed by atoms with Gasteiger partial charge in [-0.15, -0.1) is 0 Å². The average Bonchev–Trinajstić information content (AvgIpc) is 3.20. The summed E-state index contributed by atoms with van der Waals surface area (Å²) in [6.07, 6.45) is 0.772. The summed E-state index contributed by atoms with van der Waals surface area (Å²) in [6.45, 7) is 6.24. The van der Waals surface area contributed by atoms with Crippen molar-refractivity contribution in [1.82, 2.24) is 14.9 Å². The number of carbonyl (C=O) groups excluding carboxylic acids is 2. The molecule has 36 heavy (non-hydrogen) atoms. The Morgan fingerprint density at radius 1 is 0.917 bits per heavy atom. The molecule has 1 amide bonds. The zero-order valence-corrected chi connectivity index (χ0v) is 21.7. The van der Waals surface area contributed by atoms with Gasteiger partial charge < -0.3 is 14.6 Å². The number of esters is 1. The standard InChI is InChI=1S/C29H31N3O3S/c1-29(2,3)35-26(33)20-32-25-13-8-7-12-24(25)31-28(32)36-19-9-18-30-27(34)23-16-14-22(15-17-23)21-10-5-4-6-11-21/h4-8,10-17H,9,18-20H2,1-3H3,(H,30,34). The summed E-state index contributed by atoms with van der Waals surface area (Å²) in [5.41, 5.74) is 4.05. The van der Waals surface area contributed by atoms with E-state index in [1.807, 2.05) is 92.1 Å². The fraction of sp³-hybridized carbons (Fsp3) is 0.276. The fourth-order valence-electron chi connectivity index (χ4n) is 3.80. The van der Waals surface area contributed by atoms with Crippen molar-refractivity contribution in [1.29, 1.82) is 0 Å². The van der Waals surface area contributed by atoms with E-state index in [1.54, 1.807) is 11.8 Å². The minimum absolute atomic E-state index is 0.0863. The monoisotopic (exact) mass is 501 g/mol. The van der Waals surface area contributed by atoms with Gasteiger partial charge in [-0.3, -0.25) is 9.59 Å². The Kier molecular flexibility index (Phi) is 8.10. The highest BCUT2D eigenvalue weighted by Crippen LogP contribution is 2.25. The van der Waals surface area contributed by atoms with E-state index in [2.05, 4.69) is 17.4 Å². The Bertz CT molecular complexity index is 1330. The first-order valence-electron chi connectivity index (χ1n) is 12.0. The normalized spacial score (nSPS) is 11.4. The van der Waals surface area contributed by atoms with Crippen molar-refractivity contribution >= 4 is 34.7 Å². The maximum absolute atomic E-state index is 12.5. The third kappa shape index (κ3) is 6.76. The van der Waals surface area contributed by atoms with Gasteiger partial charge in [-0.25, -0.2) is 4.98 Å². The number of para-hydroxylation sites is 2. The number of fused-ring (bicyclic) bond motifs is 1. The summed E-state index contributed by atoms with van der Waals surface area (Å²) < 4.78 is 7.42. The van der Waals surface area contributed by atoms with Crippen LogP contribution in [0, 0.1) is 0 Å². The van der Waals surface area contributed by atoms with E-state index in [0.717, 1.165) is 39.5 Å². The molecule has 0 bridgehead atoms. The Balaban J connectivity index is 1.30. The number of rotatable bonds is 9. The second kappa shape index (κ2) is 11.4. The number of nitrogens with zero attached hydrogens (tertiary/aromatic N) is 2. The van der Waals surface area contributed by atoms with E-state index in [-0.39, 0.29) is 18.4 Å². The van der Waals surface area contributed by atoms with Crippen LogP contribution in [-0.4, -0.2) is 39.3 Å². The SMILES string of the molecule is CC(C)(C)OC(=O)Cn1c(SCCCNC(=O)c2ccc(-c3ccccc3)cc2)nc2ccccc21. The molecule has 3 aromatic carbocycles. The lowest BCUT2D eigenvalue weighted by Crippen LogP contribution is -2.26. The predicted octanol–water partition coefficient (Wildman–Crippen LogP) is 5.96. The van der Waals surface area contributed by atoms with Crippen molar-refractivity contribution in [3.8, 4) is 11.1 Å². The van der Waals surface area contributed by atoms with Crippen LogP contribution in [0.5, 0.6) is 0 Å². The van der Waals surface area contributed by atoms with E-state index in [4.69, 9.17) is 9.72 Å². The van der Waals surface area contributed by atoms with Crippen LogP contribution in [0.1, 0.15) is 37.6 Å². The van der Waals surface area contributed by atoms with Crippen molar-refractivity contribution in [2.24, 2.45) is 0 Å². The first-order valence-corrected chi connectivity index (χ1v) is 13.0. The lowest BCUT2D eigenvalue weighted by Gasteiger charge is -2.20. The molecular weight excluding hydrogens is 470 g/mol. The molecule has 0 aliphatic rings. The number of imidazole rings is 1. The zero-order valence-electron chi connectivity index (χ0n) is 20.9. The van der Waals surface area contributed by atoms with Gasteiger partial charge in [0.05, 0.1) is 11.0 Å². The second-order valence-corrected chi connectivity index (χ2v) is 10.5.